The number of methoxy groups -OCH3 is 1. The number of anilines is 2. The molecule has 1 fully saturated rings. The second kappa shape index (κ2) is 5.95. The first-order chi connectivity index (χ1) is 9.44. The summed E-state index contributed by atoms with van der Waals surface area (Å²) in [4.78, 5) is 9.21. The van der Waals surface area contributed by atoms with Crippen LogP contribution in [0.2, 0.25) is 0 Å². The van der Waals surface area contributed by atoms with Gasteiger partial charge in [0.05, 0.1) is 12.1 Å². The van der Waals surface area contributed by atoms with E-state index in [9.17, 15) is 0 Å². The largest absolute Gasteiger partial charge is 0.379 e. The van der Waals surface area contributed by atoms with Crippen LogP contribution in [0.15, 0.2) is 6.07 Å². The molecule has 2 rings (SSSR count). The predicted octanol–water partition coefficient (Wildman–Crippen LogP) is 2.80. The van der Waals surface area contributed by atoms with E-state index in [4.69, 9.17) is 4.74 Å². The molecule has 2 unspecified atom stereocenters. The molecule has 1 aromatic heterocycles. The van der Waals surface area contributed by atoms with Crippen LogP contribution in [0.5, 0.6) is 0 Å². The summed E-state index contributed by atoms with van der Waals surface area (Å²) < 4.78 is 5.53. The maximum Gasteiger partial charge on any atom is 0.138 e. The first-order valence-electron chi connectivity index (χ1n) is 7.30. The van der Waals surface area contributed by atoms with E-state index >= 15 is 0 Å². The molecular weight excluding hydrogens is 252 g/mol. The summed E-state index contributed by atoms with van der Waals surface area (Å²) >= 11 is 0. The number of nitrogens with zero attached hydrogens (tertiary/aromatic N) is 2. The number of hydrogen-bond acceptors (Lipinski definition) is 5. The Morgan fingerprint density at radius 1 is 1.20 bits per heavy atom. The highest BCUT2D eigenvalue weighted by Crippen LogP contribution is 2.27. The lowest BCUT2D eigenvalue weighted by atomic mass is 9.96. The summed E-state index contributed by atoms with van der Waals surface area (Å²) in [6.45, 7) is 6.37. The van der Waals surface area contributed by atoms with E-state index in [1.807, 2.05) is 13.1 Å². The highest BCUT2D eigenvalue weighted by Gasteiger charge is 2.28. The van der Waals surface area contributed by atoms with Crippen molar-refractivity contribution in [2.24, 2.45) is 0 Å². The number of rotatable bonds is 4. The van der Waals surface area contributed by atoms with Crippen LogP contribution >= 0.6 is 0 Å². The molecule has 0 aromatic carbocycles. The Kier molecular flexibility index (Phi) is 4.48. The van der Waals surface area contributed by atoms with Crippen LogP contribution in [0.3, 0.4) is 0 Å². The molecule has 5 heteroatoms. The van der Waals surface area contributed by atoms with Gasteiger partial charge in [-0.3, -0.25) is 0 Å². The maximum absolute atomic E-state index is 5.53. The molecule has 0 amide bonds. The summed E-state index contributed by atoms with van der Waals surface area (Å²) in [7, 11) is 3.66. The molecule has 5 nitrogen and oxygen atoms in total. The van der Waals surface area contributed by atoms with E-state index in [1.54, 1.807) is 7.11 Å². The van der Waals surface area contributed by atoms with Crippen molar-refractivity contribution in [1.82, 2.24) is 9.97 Å². The van der Waals surface area contributed by atoms with E-state index in [2.05, 4.69) is 41.4 Å². The molecule has 0 spiro atoms. The molecule has 1 heterocycles. The Morgan fingerprint density at radius 3 is 2.50 bits per heavy atom. The molecule has 1 aliphatic carbocycles. The average Bonchev–Trinajstić information content (AvgIpc) is 2.84. The van der Waals surface area contributed by atoms with Gasteiger partial charge in [0.25, 0.3) is 0 Å². The fraction of sp³-hybridized carbons (Fsp3) is 0.733. The Morgan fingerprint density at radius 2 is 1.90 bits per heavy atom. The van der Waals surface area contributed by atoms with E-state index in [0.717, 1.165) is 30.3 Å². The van der Waals surface area contributed by atoms with Crippen LogP contribution in [0.1, 0.15) is 45.9 Å². The van der Waals surface area contributed by atoms with Crippen molar-refractivity contribution in [3.63, 3.8) is 0 Å². The summed E-state index contributed by atoms with van der Waals surface area (Å²) in [5, 5.41) is 6.62. The van der Waals surface area contributed by atoms with Crippen LogP contribution in [-0.4, -0.2) is 36.3 Å². The molecule has 2 N–H and O–H groups in total. The lowest BCUT2D eigenvalue weighted by Crippen LogP contribution is -2.30. The summed E-state index contributed by atoms with van der Waals surface area (Å²) in [6.07, 6.45) is 3.72. The fourth-order valence-electron chi connectivity index (χ4n) is 2.55. The summed E-state index contributed by atoms with van der Waals surface area (Å²) in [5.41, 5.74) is -0.0698. The second-order valence-corrected chi connectivity index (χ2v) is 6.42. The molecule has 0 aliphatic heterocycles. The Labute approximate surface area is 121 Å². The zero-order valence-corrected chi connectivity index (χ0v) is 13.2. The number of ether oxygens (including phenoxy) is 1. The monoisotopic (exact) mass is 278 g/mol. The summed E-state index contributed by atoms with van der Waals surface area (Å²) in [5.74, 6) is 2.57. The number of aromatic nitrogens is 2. The van der Waals surface area contributed by atoms with Gasteiger partial charge < -0.3 is 15.4 Å². The van der Waals surface area contributed by atoms with Crippen LogP contribution in [0.4, 0.5) is 11.6 Å². The van der Waals surface area contributed by atoms with Gasteiger partial charge in [0.15, 0.2) is 0 Å². The van der Waals surface area contributed by atoms with Crippen molar-refractivity contribution in [2.75, 3.05) is 24.8 Å². The van der Waals surface area contributed by atoms with Gasteiger partial charge in [-0.05, 0) is 19.3 Å². The molecule has 1 aromatic rings. The minimum Gasteiger partial charge on any atom is -0.379 e. The van der Waals surface area contributed by atoms with Gasteiger partial charge in [-0.15, -0.1) is 0 Å². The number of hydrogen-bond donors (Lipinski definition) is 2. The van der Waals surface area contributed by atoms with E-state index in [0.29, 0.717) is 6.04 Å². The van der Waals surface area contributed by atoms with Crippen molar-refractivity contribution in [3.05, 3.63) is 11.9 Å². The third-order valence-corrected chi connectivity index (χ3v) is 3.74. The second-order valence-electron chi connectivity index (χ2n) is 6.42. The molecule has 0 radical (unpaired) electrons. The Bertz CT molecular complexity index is 456. The van der Waals surface area contributed by atoms with Crippen LogP contribution in [0, 0.1) is 0 Å². The molecule has 1 aliphatic rings. The van der Waals surface area contributed by atoms with E-state index in [1.165, 1.54) is 6.42 Å². The first kappa shape index (κ1) is 15.0. The fourth-order valence-corrected chi connectivity index (χ4v) is 2.55. The minimum absolute atomic E-state index is 0.0698. The van der Waals surface area contributed by atoms with Crippen LogP contribution in [0.25, 0.3) is 0 Å². The van der Waals surface area contributed by atoms with Crippen molar-refractivity contribution in [3.8, 4) is 0 Å². The molecule has 2 atom stereocenters. The first-order valence-corrected chi connectivity index (χ1v) is 7.30. The van der Waals surface area contributed by atoms with Gasteiger partial charge in [0.1, 0.15) is 17.5 Å². The lowest BCUT2D eigenvalue weighted by molar-refractivity contribution is 0.101. The SMILES string of the molecule is CNc1cc(NC2CCCC2OC)nc(C(C)(C)C)n1. The number of nitrogens with one attached hydrogen (secondary N) is 2. The van der Waals surface area contributed by atoms with Gasteiger partial charge in [-0.2, -0.15) is 0 Å². The highest BCUT2D eigenvalue weighted by atomic mass is 16.5. The van der Waals surface area contributed by atoms with Gasteiger partial charge in [0, 0.05) is 25.6 Å². The third-order valence-electron chi connectivity index (χ3n) is 3.74. The lowest BCUT2D eigenvalue weighted by Gasteiger charge is -2.23. The minimum atomic E-state index is -0.0698. The highest BCUT2D eigenvalue weighted by molar-refractivity contribution is 5.48. The van der Waals surface area contributed by atoms with Gasteiger partial charge in [0.2, 0.25) is 0 Å². The van der Waals surface area contributed by atoms with Gasteiger partial charge in [-0.25, -0.2) is 9.97 Å². The molecular formula is C15H26N4O. The quantitative estimate of drug-likeness (QED) is 0.887. The van der Waals surface area contributed by atoms with Crippen LogP contribution in [-0.2, 0) is 10.2 Å². The molecule has 1 saturated carbocycles. The third kappa shape index (κ3) is 3.39. The van der Waals surface area contributed by atoms with E-state index in [-0.39, 0.29) is 11.5 Å². The normalized spacial score (nSPS) is 22.9. The van der Waals surface area contributed by atoms with Crippen molar-refractivity contribution < 1.29 is 4.74 Å². The molecule has 20 heavy (non-hydrogen) atoms. The Hall–Kier alpha value is -1.36. The van der Waals surface area contributed by atoms with E-state index < -0.39 is 0 Å². The molecule has 0 saturated heterocycles. The zero-order valence-electron chi connectivity index (χ0n) is 13.2. The topological polar surface area (TPSA) is 59.1 Å². The standard InChI is InChI=1S/C15H26N4O/c1-15(2,3)14-18-12(16-4)9-13(19-14)17-10-7-6-8-11(10)20-5/h9-11H,6-8H2,1-5H3,(H2,16,17,18,19). The predicted molar refractivity (Wildman–Crippen MR) is 82.3 cm³/mol. The maximum atomic E-state index is 5.53. The van der Waals surface area contributed by atoms with Crippen molar-refractivity contribution >= 4 is 11.6 Å². The smallest absolute Gasteiger partial charge is 0.138 e. The molecule has 112 valence electrons. The van der Waals surface area contributed by atoms with Crippen LogP contribution < -0.4 is 10.6 Å². The average molecular weight is 278 g/mol. The Balaban J connectivity index is 2.22. The van der Waals surface area contributed by atoms with Crippen molar-refractivity contribution in [2.45, 2.75) is 57.6 Å². The van der Waals surface area contributed by atoms with Gasteiger partial charge >= 0.3 is 0 Å². The van der Waals surface area contributed by atoms with Gasteiger partial charge in [-0.1, -0.05) is 20.8 Å². The summed E-state index contributed by atoms with van der Waals surface area (Å²) in [6, 6.07) is 2.30. The van der Waals surface area contributed by atoms with Crippen molar-refractivity contribution in [1.29, 1.82) is 0 Å². The zero-order chi connectivity index (χ0) is 14.8. The molecule has 0 bridgehead atoms.